The zero-order chi connectivity index (χ0) is 12.4. The quantitative estimate of drug-likeness (QED) is 0.892. The lowest BCUT2D eigenvalue weighted by Crippen LogP contribution is -2.06. The average molecular weight is 315 g/mol. The summed E-state index contributed by atoms with van der Waals surface area (Å²) in [5, 5.41) is 10.2. The first kappa shape index (κ1) is 12.1. The first-order valence-electron chi connectivity index (χ1n) is 4.85. The van der Waals surface area contributed by atoms with E-state index in [0.29, 0.717) is 10.8 Å². The molecule has 1 aromatic heterocycles. The zero-order valence-electron chi connectivity index (χ0n) is 8.92. The van der Waals surface area contributed by atoms with Gasteiger partial charge in [0, 0.05) is 17.5 Å². The molecule has 0 atom stereocenters. The number of aromatic amines is 1. The maximum Gasteiger partial charge on any atom is 0.222 e. The number of carbonyl (C=O) groups excluding carboxylic acids is 1. The minimum absolute atomic E-state index is 0.167. The molecule has 0 saturated carbocycles. The van der Waals surface area contributed by atoms with Gasteiger partial charge in [0.25, 0.3) is 0 Å². The van der Waals surface area contributed by atoms with Crippen molar-refractivity contribution in [2.45, 2.75) is 6.92 Å². The third kappa shape index (κ3) is 2.68. The predicted molar refractivity (Wildman–Crippen MR) is 71.0 cm³/mol. The second-order valence-electron chi connectivity index (χ2n) is 3.45. The number of nitrogens with one attached hydrogen (secondary N) is 2. The second kappa shape index (κ2) is 4.89. The van der Waals surface area contributed by atoms with Crippen LogP contribution < -0.4 is 5.32 Å². The number of hydrogen-bond donors (Lipinski definition) is 2. The van der Waals surface area contributed by atoms with Gasteiger partial charge in [-0.3, -0.25) is 9.89 Å². The van der Waals surface area contributed by atoms with Crippen molar-refractivity contribution in [2.24, 2.45) is 0 Å². The van der Waals surface area contributed by atoms with E-state index >= 15 is 0 Å². The van der Waals surface area contributed by atoms with Gasteiger partial charge in [0.15, 0.2) is 5.82 Å². The number of aromatic nitrogens is 2. The van der Waals surface area contributed by atoms with Gasteiger partial charge in [-0.15, -0.1) is 0 Å². The van der Waals surface area contributed by atoms with E-state index in [9.17, 15) is 4.79 Å². The lowest BCUT2D eigenvalue weighted by Gasteiger charge is -2.00. The van der Waals surface area contributed by atoms with Crippen molar-refractivity contribution in [3.05, 3.63) is 33.8 Å². The number of halogens is 2. The van der Waals surface area contributed by atoms with E-state index in [2.05, 4.69) is 31.4 Å². The maximum absolute atomic E-state index is 11.0. The van der Waals surface area contributed by atoms with Gasteiger partial charge in [0.1, 0.15) is 0 Å². The monoisotopic (exact) mass is 313 g/mol. The standard InChI is InChI=1S/C11H9BrClN3O/c1-6(17)14-11-9(12)10(15-16-11)7-2-4-8(13)5-3-7/h2-5H,1H3,(H2,14,15,16,17). The smallest absolute Gasteiger partial charge is 0.222 e. The van der Waals surface area contributed by atoms with Crippen LogP contribution in [0.2, 0.25) is 5.02 Å². The molecule has 2 rings (SSSR count). The first-order chi connectivity index (χ1) is 8.08. The molecule has 0 aliphatic rings. The van der Waals surface area contributed by atoms with Crippen molar-refractivity contribution >= 4 is 39.3 Å². The Balaban J connectivity index is 2.37. The highest BCUT2D eigenvalue weighted by atomic mass is 79.9. The van der Waals surface area contributed by atoms with Crippen LogP contribution in [0.25, 0.3) is 11.3 Å². The van der Waals surface area contributed by atoms with Gasteiger partial charge in [-0.05, 0) is 28.1 Å². The Morgan fingerprint density at radius 3 is 2.65 bits per heavy atom. The number of anilines is 1. The number of H-pyrrole nitrogens is 1. The summed E-state index contributed by atoms with van der Waals surface area (Å²) in [7, 11) is 0. The van der Waals surface area contributed by atoms with Crippen molar-refractivity contribution < 1.29 is 4.79 Å². The molecule has 1 heterocycles. The number of nitrogens with zero attached hydrogens (tertiary/aromatic N) is 1. The molecule has 0 saturated heterocycles. The van der Waals surface area contributed by atoms with Crippen LogP contribution in [0.5, 0.6) is 0 Å². The fraction of sp³-hybridized carbons (Fsp3) is 0.0909. The highest BCUT2D eigenvalue weighted by Gasteiger charge is 2.12. The summed E-state index contributed by atoms with van der Waals surface area (Å²) in [5.41, 5.74) is 1.73. The third-order valence-electron chi connectivity index (χ3n) is 2.13. The number of amides is 1. The highest BCUT2D eigenvalue weighted by Crippen LogP contribution is 2.32. The number of benzene rings is 1. The van der Waals surface area contributed by atoms with Crippen molar-refractivity contribution in [2.75, 3.05) is 5.32 Å². The van der Waals surface area contributed by atoms with E-state index < -0.39 is 0 Å². The summed E-state index contributed by atoms with van der Waals surface area (Å²) in [6.45, 7) is 1.43. The van der Waals surface area contributed by atoms with Crippen LogP contribution in [0.3, 0.4) is 0 Å². The molecule has 4 nitrogen and oxygen atoms in total. The Labute approximate surface area is 111 Å². The SMILES string of the molecule is CC(=O)Nc1n[nH]c(-c2ccc(Cl)cc2)c1Br. The molecule has 2 N–H and O–H groups in total. The summed E-state index contributed by atoms with van der Waals surface area (Å²) < 4.78 is 0.718. The molecular weight excluding hydrogens is 305 g/mol. The minimum Gasteiger partial charge on any atom is -0.308 e. The Hall–Kier alpha value is -1.33. The molecular formula is C11H9BrClN3O. The Kier molecular flexibility index (Phi) is 3.49. The molecule has 2 aromatic rings. The Morgan fingerprint density at radius 1 is 1.41 bits per heavy atom. The summed E-state index contributed by atoms with van der Waals surface area (Å²) in [6.07, 6.45) is 0. The van der Waals surface area contributed by atoms with Crippen LogP contribution in [-0.4, -0.2) is 16.1 Å². The van der Waals surface area contributed by atoms with Crippen molar-refractivity contribution in [3.8, 4) is 11.3 Å². The zero-order valence-corrected chi connectivity index (χ0v) is 11.3. The Morgan fingerprint density at radius 2 is 2.06 bits per heavy atom. The summed E-state index contributed by atoms with van der Waals surface area (Å²) in [6, 6.07) is 7.33. The first-order valence-corrected chi connectivity index (χ1v) is 6.02. The van der Waals surface area contributed by atoms with Crippen LogP contribution in [0.1, 0.15) is 6.92 Å². The van der Waals surface area contributed by atoms with Crippen LogP contribution in [-0.2, 0) is 4.79 Å². The van der Waals surface area contributed by atoms with Crippen LogP contribution in [0.15, 0.2) is 28.7 Å². The van der Waals surface area contributed by atoms with Crippen LogP contribution in [0.4, 0.5) is 5.82 Å². The molecule has 88 valence electrons. The number of rotatable bonds is 2. The van der Waals surface area contributed by atoms with Crippen molar-refractivity contribution in [1.29, 1.82) is 0 Å². The van der Waals surface area contributed by atoms with E-state index in [4.69, 9.17) is 11.6 Å². The summed E-state index contributed by atoms with van der Waals surface area (Å²) in [4.78, 5) is 11.0. The molecule has 17 heavy (non-hydrogen) atoms. The van der Waals surface area contributed by atoms with Gasteiger partial charge in [-0.25, -0.2) is 0 Å². The number of carbonyl (C=O) groups is 1. The molecule has 0 radical (unpaired) electrons. The van der Waals surface area contributed by atoms with Gasteiger partial charge >= 0.3 is 0 Å². The van der Waals surface area contributed by atoms with Gasteiger partial charge < -0.3 is 5.32 Å². The van der Waals surface area contributed by atoms with Gasteiger partial charge in [-0.2, -0.15) is 5.10 Å². The van der Waals surface area contributed by atoms with Gasteiger partial charge in [0.05, 0.1) is 10.2 Å². The average Bonchev–Trinajstić information content (AvgIpc) is 2.61. The molecule has 0 bridgehead atoms. The van der Waals surface area contributed by atoms with E-state index in [1.54, 1.807) is 12.1 Å². The molecule has 1 aromatic carbocycles. The molecule has 0 fully saturated rings. The fourth-order valence-electron chi connectivity index (χ4n) is 1.39. The lowest BCUT2D eigenvalue weighted by atomic mass is 10.1. The van der Waals surface area contributed by atoms with E-state index in [1.165, 1.54) is 6.92 Å². The molecule has 0 unspecified atom stereocenters. The normalized spacial score (nSPS) is 10.3. The highest BCUT2D eigenvalue weighted by molar-refractivity contribution is 9.10. The van der Waals surface area contributed by atoms with Crippen molar-refractivity contribution in [1.82, 2.24) is 10.2 Å². The minimum atomic E-state index is -0.167. The molecule has 0 aliphatic heterocycles. The third-order valence-corrected chi connectivity index (χ3v) is 3.16. The predicted octanol–water partition coefficient (Wildman–Crippen LogP) is 3.45. The summed E-state index contributed by atoms with van der Waals surface area (Å²) >= 11 is 9.21. The topological polar surface area (TPSA) is 57.8 Å². The molecule has 0 spiro atoms. The largest absolute Gasteiger partial charge is 0.308 e. The van der Waals surface area contributed by atoms with E-state index in [0.717, 1.165) is 15.7 Å². The lowest BCUT2D eigenvalue weighted by molar-refractivity contribution is -0.114. The Bertz CT molecular complexity index is 550. The number of hydrogen-bond acceptors (Lipinski definition) is 2. The molecule has 1 amide bonds. The maximum atomic E-state index is 11.0. The molecule has 6 heteroatoms. The fourth-order valence-corrected chi connectivity index (χ4v) is 2.02. The summed E-state index contributed by atoms with van der Waals surface area (Å²) in [5.74, 6) is 0.308. The van der Waals surface area contributed by atoms with E-state index in [1.807, 2.05) is 12.1 Å². The van der Waals surface area contributed by atoms with Crippen LogP contribution >= 0.6 is 27.5 Å². The molecule has 0 aliphatic carbocycles. The van der Waals surface area contributed by atoms with Crippen molar-refractivity contribution in [3.63, 3.8) is 0 Å². The van der Waals surface area contributed by atoms with Gasteiger partial charge in [-0.1, -0.05) is 23.7 Å². The van der Waals surface area contributed by atoms with Gasteiger partial charge in [0.2, 0.25) is 5.91 Å². The second-order valence-corrected chi connectivity index (χ2v) is 4.68. The van der Waals surface area contributed by atoms with Crippen LogP contribution in [0, 0.1) is 0 Å². The van der Waals surface area contributed by atoms with E-state index in [-0.39, 0.29) is 5.91 Å².